The van der Waals surface area contributed by atoms with E-state index in [1.165, 1.54) is 22.4 Å². The number of fused-ring (bicyclic) bond motifs is 7. The molecule has 50 heavy (non-hydrogen) atoms. The van der Waals surface area contributed by atoms with E-state index in [9.17, 15) is 0 Å². The first-order valence-corrected chi connectivity index (χ1v) is 17.1. The van der Waals surface area contributed by atoms with Gasteiger partial charge in [-0.3, -0.25) is 8.97 Å². The van der Waals surface area contributed by atoms with Crippen LogP contribution in [0.2, 0.25) is 0 Å². The van der Waals surface area contributed by atoms with Gasteiger partial charge in [0.2, 0.25) is 5.78 Å². The van der Waals surface area contributed by atoms with Crippen molar-refractivity contribution in [1.82, 2.24) is 23.9 Å². The molecule has 0 saturated heterocycles. The van der Waals surface area contributed by atoms with Crippen molar-refractivity contribution in [2.24, 2.45) is 0 Å². The molecule has 5 heteroatoms. The highest BCUT2D eigenvalue weighted by atomic mass is 15.2. The zero-order valence-electron chi connectivity index (χ0n) is 27.2. The Morgan fingerprint density at radius 3 is 1.82 bits per heavy atom. The minimum Gasteiger partial charge on any atom is -0.280 e. The van der Waals surface area contributed by atoms with Crippen molar-refractivity contribution >= 4 is 16.8 Å². The van der Waals surface area contributed by atoms with E-state index in [-0.39, 0.29) is 5.92 Å². The van der Waals surface area contributed by atoms with Crippen LogP contribution in [0.3, 0.4) is 0 Å². The molecule has 0 spiro atoms. The van der Waals surface area contributed by atoms with Crippen LogP contribution in [-0.2, 0) is 6.42 Å². The monoisotopic (exact) mass is 641 g/mol. The fourth-order valence-corrected chi connectivity index (χ4v) is 7.63. The summed E-state index contributed by atoms with van der Waals surface area (Å²) >= 11 is 0. The van der Waals surface area contributed by atoms with E-state index >= 15 is 0 Å². The molecule has 236 valence electrons. The van der Waals surface area contributed by atoms with Gasteiger partial charge in [-0.25, -0.2) is 15.0 Å². The van der Waals surface area contributed by atoms with Crippen LogP contribution in [0.1, 0.15) is 22.7 Å². The molecule has 0 aliphatic heterocycles. The standard InChI is InChI=1S/C45H31N5/c1-4-15-30(16-5-1)37-28-42-43(36-24-11-10-23-35(36)37)48-45-49(40-25-12-13-26-41(40)50(42)45)34-22-14-21-33(27-34)44-46-38(31-17-6-2-7-18-31)29-39(47-44)32-19-8-3-9-20-32/h1-27,29,37H,28H2. The van der Waals surface area contributed by atoms with Crippen LogP contribution in [0.4, 0.5) is 0 Å². The minimum absolute atomic E-state index is 0.248. The summed E-state index contributed by atoms with van der Waals surface area (Å²) in [7, 11) is 0. The molecule has 0 bridgehead atoms. The van der Waals surface area contributed by atoms with Crippen LogP contribution in [0.25, 0.3) is 67.7 Å². The van der Waals surface area contributed by atoms with Crippen LogP contribution >= 0.6 is 0 Å². The molecule has 3 heterocycles. The van der Waals surface area contributed by atoms with Gasteiger partial charge in [0.05, 0.1) is 33.8 Å². The van der Waals surface area contributed by atoms with Gasteiger partial charge in [0, 0.05) is 40.3 Å². The highest BCUT2D eigenvalue weighted by Gasteiger charge is 2.31. The molecule has 10 rings (SSSR count). The van der Waals surface area contributed by atoms with Gasteiger partial charge in [-0.2, -0.15) is 0 Å². The van der Waals surface area contributed by atoms with Crippen molar-refractivity contribution in [2.75, 3.05) is 0 Å². The van der Waals surface area contributed by atoms with Crippen molar-refractivity contribution in [3.05, 3.63) is 187 Å². The molecular formula is C45H31N5. The number of imidazole rings is 2. The second-order valence-corrected chi connectivity index (χ2v) is 12.9. The zero-order valence-corrected chi connectivity index (χ0v) is 27.2. The summed E-state index contributed by atoms with van der Waals surface area (Å²) in [6, 6.07) is 59.5. The maximum atomic E-state index is 5.44. The predicted octanol–water partition coefficient (Wildman–Crippen LogP) is 10.4. The number of aromatic nitrogens is 5. The minimum atomic E-state index is 0.248. The number of hydrogen-bond acceptors (Lipinski definition) is 3. The maximum absolute atomic E-state index is 5.44. The quantitative estimate of drug-likeness (QED) is 0.188. The number of nitrogens with zero attached hydrogens (tertiary/aromatic N) is 5. The largest absolute Gasteiger partial charge is 0.280 e. The second kappa shape index (κ2) is 11.5. The number of rotatable bonds is 5. The van der Waals surface area contributed by atoms with E-state index < -0.39 is 0 Å². The Kier molecular flexibility index (Phi) is 6.56. The molecule has 1 unspecified atom stereocenters. The first kappa shape index (κ1) is 28.4. The summed E-state index contributed by atoms with van der Waals surface area (Å²) in [5.74, 6) is 1.83. The molecule has 0 saturated carbocycles. The number of para-hydroxylation sites is 2. The Balaban J connectivity index is 1.17. The summed E-state index contributed by atoms with van der Waals surface area (Å²) in [4.78, 5) is 15.7. The van der Waals surface area contributed by atoms with Crippen molar-refractivity contribution < 1.29 is 0 Å². The molecular weight excluding hydrogens is 611 g/mol. The van der Waals surface area contributed by atoms with Gasteiger partial charge in [-0.15, -0.1) is 0 Å². The highest BCUT2D eigenvalue weighted by molar-refractivity contribution is 5.87. The Labute approximate surface area is 289 Å². The fraction of sp³-hybridized carbons (Fsp3) is 0.0444. The van der Waals surface area contributed by atoms with Crippen LogP contribution < -0.4 is 0 Å². The topological polar surface area (TPSA) is 48.0 Å². The zero-order chi connectivity index (χ0) is 33.0. The first-order valence-electron chi connectivity index (χ1n) is 17.1. The normalized spacial score (nSPS) is 13.7. The Bertz CT molecular complexity index is 2620. The fourth-order valence-electron chi connectivity index (χ4n) is 7.63. The summed E-state index contributed by atoms with van der Waals surface area (Å²) in [6.45, 7) is 0. The van der Waals surface area contributed by atoms with Gasteiger partial charge < -0.3 is 0 Å². The molecule has 0 N–H and O–H groups in total. The van der Waals surface area contributed by atoms with Crippen LogP contribution in [0, 0.1) is 0 Å². The average Bonchev–Trinajstić information content (AvgIpc) is 3.73. The molecule has 1 aliphatic rings. The second-order valence-electron chi connectivity index (χ2n) is 12.9. The molecule has 9 aromatic rings. The third kappa shape index (κ3) is 4.59. The van der Waals surface area contributed by atoms with Crippen LogP contribution in [0.5, 0.6) is 0 Å². The lowest BCUT2D eigenvalue weighted by molar-refractivity contribution is 0.768. The summed E-state index contributed by atoms with van der Waals surface area (Å²) in [5, 5.41) is 0. The van der Waals surface area contributed by atoms with Gasteiger partial charge in [0.1, 0.15) is 0 Å². The summed E-state index contributed by atoms with van der Waals surface area (Å²) in [6.07, 6.45) is 0.869. The molecule has 6 aromatic carbocycles. The molecule has 0 fully saturated rings. The van der Waals surface area contributed by atoms with Crippen molar-refractivity contribution in [1.29, 1.82) is 0 Å². The van der Waals surface area contributed by atoms with E-state index in [0.29, 0.717) is 5.82 Å². The summed E-state index contributed by atoms with van der Waals surface area (Å²) in [5.41, 5.74) is 14.2. The highest BCUT2D eigenvalue weighted by Crippen LogP contribution is 2.44. The number of benzene rings is 6. The van der Waals surface area contributed by atoms with E-state index in [2.05, 4.69) is 142 Å². The van der Waals surface area contributed by atoms with Crippen LogP contribution in [0.15, 0.2) is 170 Å². The SMILES string of the molecule is c1ccc(-c2cc(-c3ccccc3)nc(-c3cccc(-n4c5ccccc5n5c6c(nc45)-c4ccccc4C(c4ccccc4)C6)c3)n2)cc1. The molecule has 0 amide bonds. The van der Waals surface area contributed by atoms with Gasteiger partial charge in [0.15, 0.2) is 5.82 Å². The van der Waals surface area contributed by atoms with Crippen LogP contribution in [-0.4, -0.2) is 23.9 Å². The van der Waals surface area contributed by atoms with Gasteiger partial charge in [-0.1, -0.05) is 140 Å². The van der Waals surface area contributed by atoms with Crippen molar-refractivity contribution in [3.8, 4) is 50.8 Å². The lowest BCUT2D eigenvalue weighted by Crippen LogP contribution is -2.13. The van der Waals surface area contributed by atoms with E-state index in [1.54, 1.807) is 0 Å². The van der Waals surface area contributed by atoms with Crippen molar-refractivity contribution in [3.63, 3.8) is 0 Å². The first-order chi connectivity index (χ1) is 24.8. The molecule has 1 aliphatic carbocycles. The lowest BCUT2D eigenvalue weighted by atomic mass is 9.79. The van der Waals surface area contributed by atoms with E-state index in [1.807, 2.05) is 36.4 Å². The van der Waals surface area contributed by atoms with Gasteiger partial charge in [-0.05, 0) is 41.5 Å². The third-order valence-corrected chi connectivity index (χ3v) is 9.94. The van der Waals surface area contributed by atoms with E-state index in [0.717, 1.165) is 62.7 Å². The van der Waals surface area contributed by atoms with Gasteiger partial charge in [0.25, 0.3) is 0 Å². The summed E-state index contributed by atoms with van der Waals surface area (Å²) < 4.78 is 4.67. The average molecular weight is 642 g/mol. The molecule has 3 aromatic heterocycles. The Hall–Kier alpha value is -6.59. The Morgan fingerprint density at radius 2 is 1.10 bits per heavy atom. The lowest BCUT2D eigenvalue weighted by Gasteiger charge is -2.25. The Morgan fingerprint density at radius 1 is 0.500 bits per heavy atom. The maximum Gasteiger partial charge on any atom is 0.220 e. The smallest absolute Gasteiger partial charge is 0.220 e. The molecule has 5 nitrogen and oxygen atoms in total. The van der Waals surface area contributed by atoms with Crippen molar-refractivity contribution in [2.45, 2.75) is 12.3 Å². The van der Waals surface area contributed by atoms with Gasteiger partial charge >= 0.3 is 0 Å². The third-order valence-electron chi connectivity index (χ3n) is 9.94. The number of hydrogen-bond donors (Lipinski definition) is 0. The molecule has 1 atom stereocenters. The predicted molar refractivity (Wildman–Crippen MR) is 201 cm³/mol. The van der Waals surface area contributed by atoms with E-state index in [4.69, 9.17) is 15.0 Å². The molecule has 0 radical (unpaired) electrons.